The molecule has 0 atom stereocenters. The molecule has 0 N–H and O–H groups in total. The third-order valence-corrected chi connectivity index (χ3v) is 15.7. The van der Waals surface area contributed by atoms with Crippen molar-refractivity contribution in [2.75, 3.05) is 4.90 Å². The fourth-order valence-electron chi connectivity index (χ4n) is 11.6. The van der Waals surface area contributed by atoms with Gasteiger partial charge in [0.05, 0.1) is 21.5 Å². The third kappa shape index (κ3) is 5.61. The molecule has 67 heavy (non-hydrogen) atoms. The highest BCUT2D eigenvalue weighted by Crippen LogP contribution is 2.65. The molecule has 1 nitrogen and oxygen atoms in total. The number of fused-ring (bicyclic) bond motifs is 14. The van der Waals surface area contributed by atoms with E-state index >= 15 is 0 Å². The van der Waals surface area contributed by atoms with E-state index in [1.807, 2.05) is 11.3 Å². The highest BCUT2D eigenvalue weighted by atomic mass is 32.1. The van der Waals surface area contributed by atoms with Crippen LogP contribution in [0.3, 0.4) is 0 Å². The summed E-state index contributed by atoms with van der Waals surface area (Å²) >= 11 is 1.88. The van der Waals surface area contributed by atoms with Gasteiger partial charge in [0.2, 0.25) is 0 Å². The fraction of sp³-hybridized carbons (Fsp3) is 0.0154. The second kappa shape index (κ2) is 14.9. The normalized spacial score (nSPS) is 12.9. The maximum Gasteiger partial charge on any atom is 0.0726 e. The standard InChI is InChI=1S/C65H41NS/c1-2-16-49-46(14-1)15-11-21-50(49)47-36-34-44(35-37-47)42-30-32-43(33-31-42)45-38-40-48(41-39-45)66(61-28-12-22-54-53-19-6-10-29-62(53)67-64(54)61)60-27-13-26-59-63(60)55-20-5-9-25-58(55)65(59)56-23-7-3-17-51(56)52-18-4-8-24-57(52)65/h1-41H. The van der Waals surface area contributed by atoms with Gasteiger partial charge >= 0.3 is 0 Å². The number of thiophene rings is 1. The van der Waals surface area contributed by atoms with Crippen LogP contribution in [-0.2, 0) is 5.41 Å². The molecule has 0 amide bonds. The van der Waals surface area contributed by atoms with E-state index in [0.717, 1.165) is 5.69 Å². The highest BCUT2D eigenvalue weighted by Gasteiger charge is 2.52. The van der Waals surface area contributed by atoms with Gasteiger partial charge in [-0.05, 0) is 113 Å². The Morgan fingerprint density at radius 2 is 0.746 bits per heavy atom. The molecular formula is C65H41NS. The smallest absolute Gasteiger partial charge is 0.0726 e. The molecule has 12 aromatic rings. The minimum atomic E-state index is -0.431. The molecule has 0 radical (unpaired) electrons. The number of rotatable bonds is 6. The van der Waals surface area contributed by atoms with Crippen molar-refractivity contribution in [2.45, 2.75) is 5.41 Å². The van der Waals surface area contributed by atoms with Crippen LogP contribution in [-0.4, -0.2) is 0 Å². The van der Waals surface area contributed by atoms with E-state index in [2.05, 4.69) is 254 Å². The molecule has 1 spiro atoms. The van der Waals surface area contributed by atoms with E-state index < -0.39 is 5.41 Å². The van der Waals surface area contributed by atoms with Crippen LogP contribution < -0.4 is 4.90 Å². The Morgan fingerprint density at radius 1 is 0.299 bits per heavy atom. The number of nitrogens with zero attached hydrogens (tertiary/aromatic N) is 1. The Labute approximate surface area is 394 Å². The van der Waals surface area contributed by atoms with Gasteiger partial charge < -0.3 is 4.90 Å². The van der Waals surface area contributed by atoms with Crippen molar-refractivity contribution in [1.29, 1.82) is 0 Å². The minimum Gasteiger partial charge on any atom is -0.308 e. The molecular weight excluding hydrogens is 827 g/mol. The van der Waals surface area contributed by atoms with Crippen LogP contribution in [0, 0.1) is 0 Å². The molecule has 0 unspecified atom stereocenters. The molecule has 11 aromatic carbocycles. The van der Waals surface area contributed by atoms with Crippen molar-refractivity contribution in [2.24, 2.45) is 0 Å². The minimum absolute atomic E-state index is 0.431. The van der Waals surface area contributed by atoms with Crippen LogP contribution in [0.15, 0.2) is 249 Å². The van der Waals surface area contributed by atoms with Gasteiger partial charge in [-0.25, -0.2) is 0 Å². The maximum absolute atomic E-state index is 2.54. The summed E-state index contributed by atoms with van der Waals surface area (Å²) in [5.41, 5.74) is 20.9. The van der Waals surface area contributed by atoms with Crippen molar-refractivity contribution in [3.63, 3.8) is 0 Å². The van der Waals surface area contributed by atoms with Crippen LogP contribution in [0.25, 0.3) is 86.6 Å². The number of hydrogen-bond acceptors (Lipinski definition) is 2. The van der Waals surface area contributed by atoms with Gasteiger partial charge in [-0.15, -0.1) is 11.3 Å². The first kappa shape index (κ1) is 38.0. The first-order chi connectivity index (χ1) is 33.2. The lowest BCUT2D eigenvalue weighted by Gasteiger charge is -2.32. The van der Waals surface area contributed by atoms with Gasteiger partial charge in [-0.1, -0.05) is 218 Å². The summed E-state index contributed by atoms with van der Waals surface area (Å²) < 4.78 is 2.58. The second-order valence-electron chi connectivity index (χ2n) is 17.9. The summed E-state index contributed by atoms with van der Waals surface area (Å²) in [6.45, 7) is 0. The van der Waals surface area contributed by atoms with Gasteiger partial charge in [0, 0.05) is 26.7 Å². The van der Waals surface area contributed by atoms with Crippen molar-refractivity contribution in [1.82, 2.24) is 0 Å². The van der Waals surface area contributed by atoms with E-state index in [9.17, 15) is 0 Å². The Balaban J connectivity index is 0.892. The lowest BCUT2D eigenvalue weighted by Crippen LogP contribution is -2.26. The lowest BCUT2D eigenvalue weighted by atomic mass is 9.70. The average Bonchev–Trinajstić information content (AvgIpc) is 4.04. The van der Waals surface area contributed by atoms with E-state index in [0.29, 0.717) is 0 Å². The van der Waals surface area contributed by atoms with Gasteiger partial charge in [-0.3, -0.25) is 0 Å². The van der Waals surface area contributed by atoms with Crippen LogP contribution in [0.2, 0.25) is 0 Å². The molecule has 0 saturated carbocycles. The predicted molar refractivity (Wildman–Crippen MR) is 284 cm³/mol. The highest BCUT2D eigenvalue weighted by molar-refractivity contribution is 7.26. The van der Waals surface area contributed by atoms with Crippen molar-refractivity contribution in [3.05, 3.63) is 271 Å². The maximum atomic E-state index is 2.54. The molecule has 2 heteroatoms. The zero-order valence-corrected chi connectivity index (χ0v) is 37.3. The second-order valence-corrected chi connectivity index (χ2v) is 19.0. The van der Waals surface area contributed by atoms with Crippen molar-refractivity contribution < 1.29 is 0 Å². The number of benzene rings is 11. The molecule has 0 fully saturated rings. The van der Waals surface area contributed by atoms with E-state index in [4.69, 9.17) is 0 Å². The molecule has 1 heterocycles. The molecule has 312 valence electrons. The Morgan fingerprint density at radius 3 is 1.43 bits per heavy atom. The number of hydrogen-bond donors (Lipinski definition) is 0. The average molecular weight is 868 g/mol. The van der Waals surface area contributed by atoms with Crippen LogP contribution in [0.1, 0.15) is 22.3 Å². The zero-order valence-electron chi connectivity index (χ0n) is 36.5. The summed E-state index contributed by atoms with van der Waals surface area (Å²) in [6, 6.07) is 92.4. The molecule has 0 bridgehead atoms. The Kier molecular flexibility index (Phi) is 8.44. The molecule has 0 aliphatic heterocycles. The van der Waals surface area contributed by atoms with E-state index in [-0.39, 0.29) is 0 Å². The van der Waals surface area contributed by atoms with E-state index in [1.54, 1.807) is 0 Å². The van der Waals surface area contributed by atoms with Gasteiger partial charge in [-0.2, -0.15) is 0 Å². The van der Waals surface area contributed by atoms with Gasteiger partial charge in [0.1, 0.15) is 0 Å². The topological polar surface area (TPSA) is 3.24 Å². The molecule has 1 aromatic heterocycles. The third-order valence-electron chi connectivity index (χ3n) is 14.5. The molecule has 2 aliphatic rings. The fourth-order valence-corrected chi connectivity index (χ4v) is 12.8. The first-order valence-corrected chi connectivity index (χ1v) is 24.0. The summed E-state index contributed by atoms with van der Waals surface area (Å²) in [5.74, 6) is 0. The number of anilines is 3. The molecule has 2 aliphatic carbocycles. The van der Waals surface area contributed by atoms with E-state index in [1.165, 1.54) is 120 Å². The first-order valence-electron chi connectivity index (χ1n) is 23.2. The predicted octanol–water partition coefficient (Wildman–Crippen LogP) is 18.0. The van der Waals surface area contributed by atoms with Crippen LogP contribution in [0.4, 0.5) is 17.1 Å². The Hall–Kier alpha value is -8.30. The van der Waals surface area contributed by atoms with Crippen molar-refractivity contribution in [3.8, 4) is 55.6 Å². The Bertz CT molecular complexity index is 3860. The summed E-state index contributed by atoms with van der Waals surface area (Å²) in [5, 5.41) is 5.12. The van der Waals surface area contributed by atoms with Gasteiger partial charge in [0.15, 0.2) is 0 Å². The molecule has 14 rings (SSSR count). The van der Waals surface area contributed by atoms with Crippen molar-refractivity contribution >= 4 is 59.3 Å². The molecule has 0 saturated heterocycles. The zero-order chi connectivity index (χ0) is 44.1. The van der Waals surface area contributed by atoms with Crippen LogP contribution in [0.5, 0.6) is 0 Å². The monoisotopic (exact) mass is 867 g/mol. The quantitative estimate of drug-likeness (QED) is 0.161. The SMILES string of the molecule is c1ccc2c(c1)-c1ccccc1C21c2ccccc2-c2c(N(c3ccc(-c4ccc(-c5ccc(-c6cccc7ccccc67)cc5)cc4)cc3)c3cccc4c3sc3ccccc34)cccc21. The lowest BCUT2D eigenvalue weighted by molar-refractivity contribution is 0.794. The summed E-state index contributed by atoms with van der Waals surface area (Å²) in [4.78, 5) is 2.54. The largest absolute Gasteiger partial charge is 0.308 e. The van der Waals surface area contributed by atoms with Crippen LogP contribution >= 0.6 is 11.3 Å². The van der Waals surface area contributed by atoms with Gasteiger partial charge in [0.25, 0.3) is 0 Å². The summed E-state index contributed by atoms with van der Waals surface area (Å²) in [6.07, 6.45) is 0. The summed E-state index contributed by atoms with van der Waals surface area (Å²) in [7, 11) is 0.